The Kier molecular flexibility index (Phi) is 4.23. The molecule has 0 aromatic heterocycles. The number of hydrogen-bond donors (Lipinski definition) is 2. The number of rotatable bonds is 3. The first-order valence-corrected chi connectivity index (χ1v) is 7.36. The number of carbonyl (C=O) groups is 2. The van der Waals surface area contributed by atoms with Crippen LogP contribution in [0.15, 0.2) is 48.5 Å². The summed E-state index contributed by atoms with van der Waals surface area (Å²) in [6.07, 6.45) is 0.893. The molecular formula is C17H16FN3O2. The molecule has 6 heteroatoms. The maximum Gasteiger partial charge on any atom is 0.321 e. The van der Waals surface area contributed by atoms with E-state index in [2.05, 4.69) is 10.6 Å². The molecule has 3 amide bonds. The molecule has 1 aliphatic rings. The van der Waals surface area contributed by atoms with Gasteiger partial charge in [-0.3, -0.25) is 9.69 Å². The molecule has 5 nitrogen and oxygen atoms in total. The Morgan fingerprint density at radius 3 is 2.65 bits per heavy atom. The van der Waals surface area contributed by atoms with E-state index in [0.717, 1.165) is 12.1 Å². The fourth-order valence-corrected chi connectivity index (χ4v) is 2.43. The van der Waals surface area contributed by atoms with Crippen LogP contribution in [0.1, 0.15) is 16.8 Å². The summed E-state index contributed by atoms with van der Waals surface area (Å²) in [4.78, 5) is 25.5. The monoisotopic (exact) mass is 313 g/mol. The van der Waals surface area contributed by atoms with Crippen molar-refractivity contribution < 1.29 is 14.0 Å². The molecule has 0 spiro atoms. The molecule has 118 valence electrons. The fraction of sp³-hybridized carbons (Fsp3) is 0.176. The summed E-state index contributed by atoms with van der Waals surface area (Å²) in [6.45, 7) is 1.36. The molecule has 1 fully saturated rings. The second-order valence-electron chi connectivity index (χ2n) is 5.25. The van der Waals surface area contributed by atoms with Gasteiger partial charge in [0.25, 0.3) is 5.91 Å². The molecule has 0 unspecified atom stereocenters. The SMILES string of the molecule is O=C(Nc1ccc(N2CCCNC2=O)cc1)c1cccc(F)c1. The van der Waals surface area contributed by atoms with Crippen molar-refractivity contribution in [3.63, 3.8) is 0 Å². The lowest BCUT2D eigenvalue weighted by atomic mass is 10.2. The Labute approximate surface area is 133 Å². The molecule has 2 aromatic carbocycles. The molecule has 0 radical (unpaired) electrons. The molecule has 1 aliphatic heterocycles. The highest BCUT2D eigenvalue weighted by Crippen LogP contribution is 2.20. The number of nitrogens with one attached hydrogen (secondary N) is 2. The summed E-state index contributed by atoms with van der Waals surface area (Å²) in [5.74, 6) is -0.836. The lowest BCUT2D eigenvalue weighted by Gasteiger charge is -2.27. The van der Waals surface area contributed by atoms with Crippen molar-refractivity contribution in [2.75, 3.05) is 23.3 Å². The first kappa shape index (κ1) is 15.0. The van der Waals surface area contributed by atoms with Gasteiger partial charge in [0.1, 0.15) is 5.82 Å². The number of anilines is 2. The highest BCUT2D eigenvalue weighted by molar-refractivity contribution is 6.04. The van der Waals surface area contributed by atoms with Crippen LogP contribution >= 0.6 is 0 Å². The number of halogens is 1. The van der Waals surface area contributed by atoms with Crippen LogP contribution in [-0.2, 0) is 0 Å². The van der Waals surface area contributed by atoms with E-state index in [9.17, 15) is 14.0 Å². The van der Waals surface area contributed by atoms with Crippen molar-refractivity contribution in [1.29, 1.82) is 0 Å². The summed E-state index contributed by atoms with van der Waals surface area (Å²) >= 11 is 0. The van der Waals surface area contributed by atoms with Gasteiger partial charge in [-0.25, -0.2) is 9.18 Å². The van der Waals surface area contributed by atoms with Crippen molar-refractivity contribution >= 4 is 23.3 Å². The van der Waals surface area contributed by atoms with E-state index in [4.69, 9.17) is 0 Å². The van der Waals surface area contributed by atoms with Crippen LogP contribution in [0, 0.1) is 5.82 Å². The van der Waals surface area contributed by atoms with Crippen molar-refractivity contribution in [3.8, 4) is 0 Å². The maximum atomic E-state index is 13.1. The van der Waals surface area contributed by atoms with E-state index in [1.54, 1.807) is 35.2 Å². The van der Waals surface area contributed by atoms with Gasteiger partial charge < -0.3 is 10.6 Å². The molecular weight excluding hydrogens is 297 g/mol. The minimum Gasteiger partial charge on any atom is -0.338 e. The molecule has 2 aromatic rings. The lowest BCUT2D eigenvalue weighted by molar-refractivity contribution is 0.102. The number of benzene rings is 2. The fourth-order valence-electron chi connectivity index (χ4n) is 2.43. The molecule has 1 heterocycles. The number of amides is 3. The summed E-state index contributed by atoms with van der Waals surface area (Å²) in [7, 11) is 0. The van der Waals surface area contributed by atoms with Crippen molar-refractivity contribution in [1.82, 2.24) is 5.32 Å². The standard InChI is InChI=1S/C17H16FN3O2/c18-13-4-1-3-12(11-13)16(22)20-14-5-7-15(8-6-14)21-10-2-9-19-17(21)23/h1,3-8,11H,2,9-10H2,(H,19,23)(H,20,22). The van der Waals surface area contributed by atoms with E-state index in [1.807, 2.05) is 0 Å². The van der Waals surface area contributed by atoms with Gasteiger partial charge in [0.2, 0.25) is 0 Å². The summed E-state index contributed by atoms with van der Waals surface area (Å²) in [6, 6.07) is 12.4. The molecule has 3 rings (SSSR count). The van der Waals surface area contributed by atoms with E-state index in [-0.39, 0.29) is 17.5 Å². The Morgan fingerprint density at radius 2 is 1.96 bits per heavy atom. The lowest BCUT2D eigenvalue weighted by Crippen LogP contribution is -2.46. The zero-order valence-electron chi connectivity index (χ0n) is 12.4. The molecule has 0 atom stereocenters. The average molecular weight is 313 g/mol. The molecule has 23 heavy (non-hydrogen) atoms. The number of nitrogens with zero attached hydrogens (tertiary/aromatic N) is 1. The minimum absolute atomic E-state index is 0.118. The van der Waals surface area contributed by atoms with Gasteiger partial charge >= 0.3 is 6.03 Å². The van der Waals surface area contributed by atoms with E-state index in [1.165, 1.54) is 18.2 Å². The molecule has 1 saturated heterocycles. The third kappa shape index (κ3) is 3.48. The second-order valence-corrected chi connectivity index (χ2v) is 5.25. The summed E-state index contributed by atoms with van der Waals surface area (Å²) in [5.41, 5.74) is 1.61. The Bertz CT molecular complexity index is 731. The van der Waals surface area contributed by atoms with Crippen LogP contribution in [0.3, 0.4) is 0 Å². The van der Waals surface area contributed by atoms with Crippen LogP contribution in [0.25, 0.3) is 0 Å². The van der Waals surface area contributed by atoms with Crippen LogP contribution in [0.5, 0.6) is 0 Å². The van der Waals surface area contributed by atoms with Crippen molar-refractivity contribution in [3.05, 3.63) is 59.9 Å². The van der Waals surface area contributed by atoms with Crippen LogP contribution < -0.4 is 15.5 Å². The Hall–Kier alpha value is -2.89. The zero-order chi connectivity index (χ0) is 16.2. The third-order valence-corrected chi connectivity index (χ3v) is 3.60. The molecule has 0 aliphatic carbocycles. The van der Waals surface area contributed by atoms with Gasteiger partial charge in [0, 0.05) is 30.0 Å². The van der Waals surface area contributed by atoms with Crippen LogP contribution in [0.2, 0.25) is 0 Å². The number of carbonyl (C=O) groups excluding carboxylic acids is 2. The van der Waals surface area contributed by atoms with Crippen molar-refractivity contribution in [2.24, 2.45) is 0 Å². The highest BCUT2D eigenvalue weighted by Gasteiger charge is 2.18. The van der Waals surface area contributed by atoms with Crippen molar-refractivity contribution in [2.45, 2.75) is 6.42 Å². The van der Waals surface area contributed by atoms with Gasteiger partial charge in [-0.05, 0) is 48.9 Å². The minimum atomic E-state index is -0.455. The number of hydrogen-bond acceptors (Lipinski definition) is 2. The van der Waals surface area contributed by atoms with Gasteiger partial charge in [0.05, 0.1) is 0 Å². The maximum absolute atomic E-state index is 13.1. The summed E-state index contributed by atoms with van der Waals surface area (Å²) < 4.78 is 13.1. The van der Waals surface area contributed by atoms with Gasteiger partial charge in [0.15, 0.2) is 0 Å². The first-order valence-electron chi connectivity index (χ1n) is 7.36. The van der Waals surface area contributed by atoms with Gasteiger partial charge in [-0.15, -0.1) is 0 Å². The normalized spacial score (nSPS) is 14.3. The van der Waals surface area contributed by atoms with Gasteiger partial charge in [-0.2, -0.15) is 0 Å². The first-order chi connectivity index (χ1) is 11.1. The largest absolute Gasteiger partial charge is 0.338 e. The highest BCUT2D eigenvalue weighted by atomic mass is 19.1. The quantitative estimate of drug-likeness (QED) is 0.915. The number of urea groups is 1. The molecule has 0 bridgehead atoms. The van der Waals surface area contributed by atoms with E-state index in [0.29, 0.717) is 18.8 Å². The smallest absolute Gasteiger partial charge is 0.321 e. The third-order valence-electron chi connectivity index (χ3n) is 3.60. The van der Waals surface area contributed by atoms with E-state index >= 15 is 0 Å². The Balaban J connectivity index is 1.70. The predicted molar refractivity (Wildman–Crippen MR) is 86.2 cm³/mol. The van der Waals surface area contributed by atoms with Gasteiger partial charge in [-0.1, -0.05) is 6.07 Å². The Morgan fingerprint density at radius 1 is 1.17 bits per heavy atom. The topological polar surface area (TPSA) is 61.4 Å². The second kappa shape index (κ2) is 6.48. The zero-order valence-corrected chi connectivity index (χ0v) is 12.4. The van der Waals surface area contributed by atoms with Crippen LogP contribution in [-0.4, -0.2) is 25.0 Å². The average Bonchev–Trinajstić information content (AvgIpc) is 2.56. The van der Waals surface area contributed by atoms with Crippen LogP contribution in [0.4, 0.5) is 20.6 Å². The molecule has 2 N–H and O–H groups in total. The summed E-state index contributed by atoms with van der Waals surface area (Å²) in [5, 5.41) is 5.49. The molecule has 0 saturated carbocycles. The van der Waals surface area contributed by atoms with E-state index < -0.39 is 5.82 Å². The predicted octanol–water partition coefficient (Wildman–Crippen LogP) is 3.00.